The van der Waals surface area contributed by atoms with Crippen molar-refractivity contribution in [3.05, 3.63) is 0 Å². The Kier molecular flexibility index (Phi) is 4.54. The van der Waals surface area contributed by atoms with Crippen LogP contribution in [0.3, 0.4) is 0 Å². The van der Waals surface area contributed by atoms with Crippen LogP contribution in [0, 0.1) is 11.3 Å². The molecule has 1 N–H and O–H groups in total. The molecule has 0 bridgehead atoms. The predicted octanol–water partition coefficient (Wildman–Crippen LogP) is 2.80. The van der Waals surface area contributed by atoms with Crippen LogP contribution in [0.4, 0.5) is 0 Å². The van der Waals surface area contributed by atoms with Crippen molar-refractivity contribution in [2.24, 2.45) is 11.3 Å². The number of piperidine rings is 1. The molecule has 2 rings (SSSR count). The maximum absolute atomic E-state index is 12.1. The van der Waals surface area contributed by atoms with Crippen molar-refractivity contribution >= 4 is 5.91 Å². The van der Waals surface area contributed by atoms with Crippen molar-refractivity contribution in [1.82, 2.24) is 10.2 Å². The van der Waals surface area contributed by atoms with Gasteiger partial charge in [-0.15, -0.1) is 0 Å². The van der Waals surface area contributed by atoms with E-state index < -0.39 is 0 Å². The molecule has 1 saturated heterocycles. The topological polar surface area (TPSA) is 32.3 Å². The lowest BCUT2D eigenvalue weighted by Crippen LogP contribution is -2.54. The van der Waals surface area contributed by atoms with Gasteiger partial charge in [0.05, 0.1) is 0 Å². The SMILES string of the molecule is CC(C1CCC1)N1CCCC(NC(=O)C(C)(C)C)C1. The van der Waals surface area contributed by atoms with Crippen LogP contribution in [-0.4, -0.2) is 36.0 Å². The molecule has 1 saturated carbocycles. The Morgan fingerprint density at radius 2 is 1.89 bits per heavy atom. The second-order valence-corrected chi connectivity index (χ2v) is 7.49. The van der Waals surface area contributed by atoms with E-state index in [4.69, 9.17) is 0 Å². The molecule has 3 nitrogen and oxygen atoms in total. The second kappa shape index (κ2) is 5.82. The summed E-state index contributed by atoms with van der Waals surface area (Å²) in [7, 11) is 0. The Balaban J connectivity index is 1.84. The molecule has 1 heterocycles. The van der Waals surface area contributed by atoms with Crippen molar-refractivity contribution in [2.75, 3.05) is 13.1 Å². The lowest BCUT2D eigenvalue weighted by atomic mass is 9.79. The molecule has 2 fully saturated rings. The lowest BCUT2D eigenvalue weighted by molar-refractivity contribution is -0.129. The van der Waals surface area contributed by atoms with E-state index >= 15 is 0 Å². The maximum atomic E-state index is 12.1. The zero-order valence-electron chi connectivity index (χ0n) is 13.0. The largest absolute Gasteiger partial charge is 0.352 e. The molecule has 19 heavy (non-hydrogen) atoms. The molecule has 2 unspecified atom stereocenters. The summed E-state index contributed by atoms with van der Waals surface area (Å²) in [5, 5.41) is 3.24. The van der Waals surface area contributed by atoms with E-state index in [0.29, 0.717) is 12.1 Å². The summed E-state index contributed by atoms with van der Waals surface area (Å²) in [6, 6.07) is 1.05. The molecule has 0 aromatic carbocycles. The van der Waals surface area contributed by atoms with Crippen LogP contribution in [0.5, 0.6) is 0 Å². The highest BCUT2D eigenvalue weighted by molar-refractivity contribution is 5.81. The summed E-state index contributed by atoms with van der Waals surface area (Å²) in [6.45, 7) is 10.6. The minimum atomic E-state index is -0.276. The molecule has 2 aliphatic rings. The van der Waals surface area contributed by atoms with Crippen LogP contribution in [0.2, 0.25) is 0 Å². The summed E-state index contributed by atoms with van der Waals surface area (Å²) in [5.41, 5.74) is -0.276. The molecule has 2 atom stereocenters. The van der Waals surface area contributed by atoms with Gasteiger partial charge in [0.1, 0.15) is 0 Å². The van der Waals surface area contributed by atoms with Crippen LogP contribution in [0.25, 0.3) is 0 Å². The minimum Gasteiger partial charge on any atom is -0.352 e. The Morgan fingerprint density at radius 1 is 1.21 bits per heavy atom. The number of carbonyl (C=O) groups excluding carboxylic acids is 1. The first-order valence-corrected chi connectivity index (χ1v) is 7.93. The molecule has 1 aliphatic heterocycles. The molecule has 1 amide bonds. The van der Waals surface area contributed by atoms with Crippen molar-refractivity contribution in [3.8, 4) is 0 Å². The predicted molar refractivity (Wildman–Crippen MR) is 79.0 cm³/mol. The first-order chi connectivity index (χ1) is 8.88. The van der Waals surface area contributed by atoms with Gasteiger partial charge in [-0.05, 0) is 45.1 Å². The van der Waals surface area contributed by atoms with E-state index in [1.54, 1.807) is 0 Å². The van der Waals surface area contributed by atoms with Crippen molar-refractivity contribution < 1.29 is 4.79 Å². The van der Waals surface area contributed by atoms with Crippen LogP contribution in [-0.2, 0) is 4.79 Å². The normalized spacial score (nSPS) is 27.7. The first kappa shape index (κ1) is 14.8. The molecular formula is C16H30N2O. The van der Waals surface area contributed by atoms with Crippen LogP contribution < -0.4 is 5.32 Å². The Morgan fingerprint density at radius 3 is 2.42 bits per heavy atom. The molecule has 0 spiro atoms. The third-order valence-electron chi connectivity index (χ3n) is 4.88. The standard InChI is InChI=1S/C16H30N2O/c1-12(13-7-5-8-13)18-10-6-9-14(11-18)17-15(19)16(2,3)4/h12-14H,5-11H2,1-4H3,(H,17,19). The van der Waals surface area contributed by atoms with E-state index in [9.17, 15) is 4.79 Å². The fraction of sp³-hybridized carbons (Fsp3) is 0.938. The highest BCUT2D eigenvalue weighted by Crippen LogP contribution is 2.33. The summed E-state index contributed by atoms with van der Waals surface area (Å²) in [4.78, 5) is 14.7. The number of carbonyl (C=O) groups is 1. The van der Waals surface area contributed by atoms with Gasteiger partial charge >= 0.3 is 0 Å². The molecular weight excluding hydrogens is 236 g/mol. The Labute approximate surface area is 118 Å². The molecule has 1 aliphatic carbocycles. The van der Waals surface area contributed by atoms with E-state index in [-0.39, 0.29) is 11.3 Å². The highest BCUT2D eigenvalue weighted by atomic mass is 16.2. The fourth-order valence-electron chi connectivity index (χ4n) is 3.12. The zero-order valence-corrected chi connectivity index (χ0v) is 13.0. The number of hydrogen-bond donors (Lipinski definition) is 1. The maximum Gasteiger partial charge on any atom is 0.225 e. The molecule has 3 heteroatoms. The zero-order chi connectivity index (χ0) is 14.0. The van der Waals surface area contributed by atoms with E-state index in [2.05, 4.69) is 17.1 Å². The van der Waals surface area contributed by atoms with Gasteiger partial charge in [0.15, 0.2) is 0 Å². The Hall–Kier alpha value is -0.570. The first-order valence-electron chi connectivity index (χ1n) is 7.93. The summed E-state index contributed by atoms with van der Waals surface area (Å²) in [6.07, 6.45) is 6.56. The fourth-order valence-corrected chi connectivity index (χ4v) is 3.12. The number of amides is 1. The van der Waals surface area contributed by atoms with Gasteiger partial charge < -0.3 is 5.32 Å². The third kappa shape index (κ3) is 3.71. The summed E-state index contributed by atoms with van der Waals surface area (Å²) < 4.78 is 0. The number of nitrogens with one attached hydrogen (secondary N) is 1. The van der Waals surface area contributed by atoms with E-state index in [1.807, 2.05) is 20.8 Å². The quantitative estimate of drug-likeness (QED) is 0.852. The van der Waals surface area contributed by atoms with Crippen LogP contribution in [0.15, 0.2) is 0 Å². The van der Waals surface area contributed by atoms with Crippen molar-refractivity contribution in [1.29, 1.82) is 0 Å². The number of hydrogen-bond acceptors (Lipinski definition) is 2. The van der Waals surface area contributed by atoms with Gasteiger partial charge in [-0.1, -0.05) is 27.2 Å². The average Bonchev–Trinajstić information content (AvgIpc) is 2.25. The van der Waals surface area contributed by atoms with Gasteiger partial charge in [-0.25, -0.2) is 0 Å². The minimum absolute atomic E-state index is 0.190. The molecule has 110 valence electrons. The summed E-state index contributed by atoms with van der Waals surface area (Å²) in [5.74, 6) is 1.09. The molecule has 0 aromatic rings. The van der Waals surface area contributed by atoms with Gasteiger partial charge in [0.25, 0.3) is 0 Å². The van der Waals surface area contributed by atoms with Gasteiger partial charge in [-0.3, -0.25) is 9.69 Å². The van der Waals surface area contributed by atoms with E-state index in [1.165, 1.54) is 32.2 Å². The van der Waals surface area contributed by atoms with Crippen molar-refractivity contribution in [2.45, 2.75) is 71.9 Å². The third-order valence-corrected chi connectivity index (χ3v) is 4.88. The Bertz CT molecular complexity index is 317. The van der Waals surface area contributed by atoms with Gasteiger partial charge in [-0.2, -0.15) is 0 Å². The van der Waals surface area contributed by atoms with Crippen LogP contribution >= 0.6 is 0 Å². The number of nitrogens with zero attached hydrogens (tertiary/aromatic N) is 1. The molecule has 0 radical (unpaired) electrons. The van der Waals surface area contributed by atoms with Gasteiger partial charge in [0.2, 0.25) is 5.91 Å². The second-order valence-electron chi connectivity index (χ2n) is 7.49. The van der Waals surface area contributed by atoms with Crippen molar-refractivity contribution in [3.63, 3.8) is 0 Å². The average molecular weight is 266 g/mol. The van der Waals surface area contributed by atoms with E-state index in [0.717, 1.165) is 18.9 Å². The van der Waals surface area contributed by atoms with Crippen LogP contribution in [0.1, 0.15) is 59.8 Å². The highest BCUT2D eigenvalue weighted by Gasteiger charge is 2.32. The monoisotopic (exact) mass is 266 g/mol. The summed E-state index contributed by atoms with van der Waals surface area (Å²) >= 11 is 0. The van der Waals surface area contributed by atoms with Gasteiger partial charge in [0, 0.05) is 24.0 Å². The lowest BCUT2D eigenvalue weighted by Gasteiger charge is -2.43. The molecule has 0 aromatic heterocycles. The number of rotatable bonds is 3. The smallest absolute Gasteiger partial charge is 0.225 e. The number of likely N-dealkylation sites (tertiary alicyclic amines) is 1.